The molecule has 0 aromatic carbocycles. The number of ether oxygens (including phenoxy) is 1. The fourth-order valence-electron chi connectivity index (χ4n) is 2.00. The number of rotatable bonds is 4. The summed E-state index contributed by atoms with van der Waals surface area (Å²) in [5.74, 6) is -1.000. The molecular weight excluding hydrogens is 236 g/mol. The van der Waals surface area contributed by atoms with Crippen LogP contribution in [0.25, 0.3) is 0 Å². The van der Waals surface area contributed by atoms with E-state index in [1.165, 1.54) is 0 Å². The minimum absolute atomic E-state index is 0.0107. The smallest absolute Gasteiger partial charge is 0.326 e. The lowest BCUT2D eigenvalue weighted by Crippen LogP contribution is -2.57. The Bertz CT molecular complexity index is 308. The molecule has 0 spiro atoms. The molecule has 3 atom stereocenters. The van der Waals surface area contributed by atoms with E-state index in [-0.39, 0.29) is 18.2 Å². The van der Waals surface area contributed by atoms with Crippen LogP contribution in [0.1, 0.15) is 33.6 Å². The first kappa shape index (κ1) is 14.8. The van der Waals surface area contributed by atoms with Gasteiger partial charge in [-0.3, -0.25) is 0 Å². The number of carbonyl (C=O) groups is 2. The van der Waals surface area contributed by atoms with Crippen molar-refractivity contribution in [2.75, 3.05) is 13.2 Å². The van der Waals surface area contributed by atoms with Gasteiger partial charge in [-0.15, -0.1) is 0 Å². The highest BCUT2D eigenvalue weighted by Crippen LogP contribution is 2.14. The van der Waals surface area contributed by atoms with Crippen LogP contribution < -0.4 is 5.32 Å². The summed E-state index contributed by atoms with van der Waals surface area (Å²) in [6.45, 7) is 6.63. The Morgan fingerprint density at radius 1 is 1.50 bits per heavy atom. The van der Waals surface area contributed by atoms with Crippen molar-refractivity contribution in [2.45, 2.75) is 51.8 Å². The van der Waals surface area contributed by atoms with Crippen LogP contribution in [-0.2, 0) is 9.53 Å². The predicted molar refractivity (Wildman–Crippen MR) is 66.4 cm³/mol. The summed E-state index contributed by atoms with van der Waals surface area (Å²) in [5, 5.41) is 11.5. The molecule has 1 aliphatic rings. The average Bonchev–Trinajstić information content (AvgIpc) is 2.35. The molecule has 2 N–H and O–H groups in total. The monoisotopic (exact) mass is 258 g/mol. The third kappa shape index (κ3) is 3.60. The van der Waals surface area contributed by atoms with Crippen LogP contribution in [0.2, 0.25) is 0 Å². The molecule has 18 heavy (non-hydrogen) atoms. The molecule has 0 aromatic heterocycles. The van der Waals surface area contributed by atoms with Gasteiger partial charge in [-0.05, 0) is 19.8 Å². The van der Waals surface area contributed by atoms with Gasteiger partial charge in [0.25, 0.3) is 0 Å². The largest absolute Gasteiger partial charge is 0.480 e. The van der Waals surface area contributed by atoms with Crippen molar-refractivity contribution >= 4 is 12.0 Å². The van der Waals surface area contributed by atoms with Gasteiger partial charge in [-0.25, -0.2) is 9.59 Å². The SMILES string of the molecule is CCC1COC(C)CN1C(=O)N[C@@H](CC)C(=O)O. The molecule has 1 fully saturated rings. The van der Waals surface area contributed by atoms with Gasteiger partial charge >= 0.3 is 12.0 Å². The fraction of sp³-hybridized carbons (Fsp3) is 0.833. The maximum atomic E-state index is 12.1. The molecule has 1 heterocycles. The Hall–Kier alpha value is -1.30. The summed E-state index contributed by atoms with van der Waals surface area (Å²) in [5.41, 5.74) is 0. The molecule has 0 radical (unpaired) electrons. The van der Waals surface area contributed by atoms with Gasteiger partial charge in [0.1, 0.15) is 6.04 Å². The molecule has 2 unspecified atom stereocenters. The summed E-state index contributed by atoms with van der Waals surface area (Å²) >= 11 is 0. The first-order valence-corrected chi connectivity index (χ1v) is 6.41. The van der Waals surface area contributed by atoms with E-state index in [0.717, 1.165) is 6.42 Å². The van der Waals surface area contributed by atoms with E-state index < -0.39 is 12.0 Å². The highest BCUT2D eigenvalue weighted by atomic mass is 16.5. The Morgan fingerprint density at radius 2 is 2.17 bits per heavy atom. The number of morpholine rings is 1. The van der Waals surface area contributed by atoms with E-state index in [4.69, 9.17) is 9.84 Å². The van der Waals surface area contributed by atoms with Crippen LogP contribution in [0.15, 0.2) is 0 Å². The van der Waals surface area contributed by atoms with Crippen LogP contribution in [0.3, 0.4) is 0 Å². The maximum Gasteiger partial charge on any atom is 0.326 e. The van der Waals surface area contributed by atoms with Crippen molar-refractivity contribution in [3.8, 4) is 0 Å². The zero-order valence-electron chi connectivity index (χ0n) is 11.2. The lowest BCUT2D eigenvalue weighted by Gasteiger charge is -2.38. The minimum Gasteiger partial charge on any atom is -0.480 e. The topological polar surface area (TPSA) is 78.9 Å². The summed E-state index contributed by atoms with van der Waals surface area (Å²) < 4.78 is 5.50. The minimum atomic E-state index is -1.000. The summed E-state index contributed by atoms with van der Waals surface area (Å²) in [4.78, 5) is 24.7. The van der Waals surface area contributed by atoms with Crippen LogP contribution in [0, 0.1) is 0 Å². The number of carboxylic acids is 1. The van der Waals surface area contributed by atoms with Crippen LogP contribution in [-0.4, -0.2) is 53.3 Å². The third-order valence-electron chi connectivity index (χ3n) is 3.20. The Morgan fingerprint density at radius 3 is 2.67 bits per heavy atom. The number of hydrogen-bond acceptors (Lipinski definition) is 3. The van der Waals surface area contributed by atoms with Gasteiger partial charge in [0.2, 0.25) is 0 Å². The van der Waals surface area contributed by atoms with Gasteiger partial charge in [-0.2, -0.15) is 0 Å². The fourth-order valence-corrected chi connectivity index (χ4v) is 2.00. The predicted octanol–water partition coefficient (Wildman–Crippen LogP) is 1.06. The number of nitrogens with one attached hydrogen (secondary N) is 1. The summed E-state index contributed by atoms with van der Waals surface area (Å²) in [6.07, 6.45) is 1.16. The number of carboxylic acid groups (broad SMARTS) is 1. The van der Waals surface area contributed by atoms with E-state index in [2.05, 4.69) is 5.32 Å². The quantitative estimate of drug-likeness (QED) is 0.790. The molecule has 2 amide bonds. The highest BCUT2D eigenvalue weighted by molar-refractivity contribution is 5.82. The molecule has 0 aliphatic carbocycles. The van der Waals surface area contributed by atoms with Gasteiger partial charge < -0.3 is 20.1 Å². The van der Waals surface area contributed by atoms with Crippen LogP contribution in [0.4, 0.5) is 4.79 Å². The Kier molecular flexibility index (Phi) is 5.40. The van der Waals surface area contributed by atoms with Crippen molar-refractivity contribution in [2.24, 2.45) is 0 Å². The molecule has 1 aliphatic heterocycles. The van der Waals surface area contributed by atoms with E-state index in [1.807, 2.05) is 13.8 Å². The second kappa shape index (κ2) is 6.58. The van der Waals surface area contributed by atoms with Crippen molar-refractivity contribution < 1.29 is 19.4 Å². The molecule has 0 bridgehead atoms. The lowest BCUT2D eigenvalue weighted by molar-refractivity contribution is -0.139. The van der Waals surface area contributed by atoms with E-state index in [9.17, 15) is 9.59 Å². The van der Waals surface area contributed by atoms with Gasteiger partial charge in [0.15, 0.2) is 0 Å². The zero-order chi connectivity index (χ0) is 13.7. The molecular formula is C12H22N2O4. The maximum absolute atomic E-state index is 12.1. The molecule has 6 nitrogen and oxygen atoms in total. The molecule has 6 heteroatoms. The summed E-state index contributed by atoms with van der Waals surface area (Å²) in [6, 6.07) is -1.12. The van der Waals surface area contributed by atoms with Crippen molar-refractivity contribution in [3.05, 3.63) is 0 Å². The van der Waals surface area contributed by atoms with E-state index >= 15 is 0 Å². The van der Waals surface area contributed by atoms with Gasteiger partial charge in [0.05, 0.1) is 18.8 Å². The Balaban J connectivity index is 2.65. The summed E-state index contributed by atoms with van der Waals surface area (Å²) in [7, 11) is 0. The number of carbonyl (C=O) groups excluding carboxylic acids is 1. The standard InChI is InChI=1S/C12H22N2O4/c1-4-9-7-18-8(3)6-14(9)12(17)13-10(5-2)11(15)16/h8-10H,4-7H2,1-3H3,(H,13,17)(H,15,16)/t8?,9?,10-/m0/s1. The first-order chi connectivity index (χ1) is 8.49. The molecule has 104 valence electrons. The second-order valence-electron chi connectivity index (χ2n) is 4.61. The van der Waals surface area contributed by atoms with Gasteiger partial charge in [-0.1, -0.05) is 13.8 Å². The van der Waals surface area contributed by atoms with Gasteiger partial charge in [0, 0.05) is 6.54 Å². The van der Waals surface area contributed by atoms with Crippen molar-refractivity contribution in [1.82, 2.24) is 10.2 Å². The third-order valence-corrected chi connectivity index (χ3v) is 3.20. The number of hydrogen-bond donors (Lipinski definition) is 2. The molecule has 0 saturated carbocycles. The molecule has 0 aromatic rings. The average molecular weight is 258 g/mol. The van der Waals surface area contributed by atoms with Crippen LogP contribution in [0.5, 0.6) is 0 Å². The second-order valence-corrected chi connectivity index (χ2v) is 4.61. The lowest BCUT2D eigenvalue weighted by atomic mass is 10.1. The molecule has 1 saturated heterocycles. The first-order valence-electron chi connectivity index (χ1n) is 6.41. The highest BCUT2D eigenvalue weighted by Gasteiger charge is 2.31. The number of amides is 2. The van der Waals surface area contributed by atoms with Crippen LogP contribution >= 0.6 is 0 Å². The van der Waals surface area contributed by atoms with Crippen molar-refractivity contribution in [1.29, 1.82) is 0 Å². The zero-order valence-corrected chi connectivity index (χ0v) is 11.2. The van der Waals surface area contributed by atoms with E-state index in [0.29, 0.717) is 19.6 Å². The number of aliphatic carboxylic acids is 1. The number of nitrogens with zero attached hydrogens (tertiary/aromatic N) is 1. The number of urea groups is 1. The molecule has 1 rings (SSSR count). The van der Waals surface area contributed by atoms with Crippen molar-refractivity contribution in [3.63, 3.8) is 0 Å². The Labute approximate surface area is 107 Å². The normalized spacial score (nSPS) is 25.6. The van der Waals surface area contributed by atoms with E-state index in [1.54, 1.807) is 11.8 Å².